The number of esters is 3. The highest BCUT2D eigenvalue weighted by Gasteiger charge is 2.64. The topological polar surface area (TPSA) is 78.9 Å². The first-order valence-electron chi connectivity index (χ1n) is 7.37. The van der Waals surface area contributed by atoms with Gasteiger partial charge in [0.05, 0.1) is 11.3 Å². The molecule has 0 radical (unpaired) electrons. The van der Waals surface area contributed by atoms with Gasteiger partial charge in [0.25, 0.3) is 0 Å². The van der Waals surface area contributed by atoms with E-state index in [1.165, 1.54) is 13.0 Å². The largest absolute Gasteiger partial charge is 0.462 e. The Kier molecular flexibility index (Phi) is 3.43. The third kappa shape index (κ3) is 2.04. The van der Waals surface area contributed by atoms with Crippen molar-refractivity contribution in [2.45, 2.75) is 25.6 Å². The Balaban J connectivity index is 2.11. The van der Waals surface area contributed by atoms with E-state index >= 15 is 0 Å². The fraction of sp³-hybridized carbons (Fsp3) is 0.471. The Morgan fingerprint density at radius 3 is 2.70 bits per heavy atom. The van der Waals surface area contributed by atoms with Crippen LogP contribution in [0.5, 0.6) is 0 Å². The van der Waals surface area contributed by atoms with Crippen LogP contribution in [0.4, 0.5) is 0 Å². The van der Waals surface area contributed by atoms with Gasteiger partial charge in [0, 0.05) is 24.8 Å². The van der Waals surface area contributed by atoms with E-state index in [2.05, 4.69) is 19.7 Å². The van der Waals surface area contributed by atoms with Crippen molar-refractivity contribution in [1.29, 1.82) is 0 Å². The van der Waals surface area contributed by atoms with Gasteiger partial charge in [0.1, 0.15) is 18.8 Å². The maximum atomic E-state index is 12.5. The maximum Gasteiger partial charge on any atom is 0.334 e. The van der Waals surface area contributed by atoms with E-state index in [1.807, 2.05) is 0 Å². The molecule has 1 saturated carbocycles. The van der Waals surface area contributed by atoms with Gasteiger partial charge >= 0.3 is 17.9 Å². The summed E-state index contributed by atoms with van der Waals surface area (Å²) in [7, 11) is 0. The van der Waals surface area contributed by atoms with Gasteiger partial charge in [-0.2, -0.15) is 0 Å². The quantitative estimate of drug-likeness (QED) is 0.331. The van der Waals surface area contributed by atoms with Crippen molar-refractivity contribution < 1.29 is 28.6 Å². The van der Waals surface area contributed by atoms with E-state index in [0.717, 1.165) is 0 Å². The Morgan fingerprint density at radius 2 is 2.09 bits per heavy atom. The summed E-state index contributed by atoms with van der Waals surface area (Å²) in [5.41, 5.74) is -0.212. The van der Waals surface area contributed by atoms with Crippen molar-refractivity contribution in [3.63, 3.8) is 0 Å². The predicted molar refractivity (Wildman–Crippen MR) is 78.9 cm³/mol. The summed E-state index contributed by atoms with van der Waals surface area (Å²) >= 11 is 0. The summed E-state index contributed by atoms with van der Waals surface area (Å²) in [6, 6.07) is 0. The summed E-state index contributed by atoms with van der Waals surface area (Å²) in [6.45, 7) is 12.9. The molecule has 2 heterocycles. The van der Waals surface area contributed by atoms with Crippen molar-refractivity contribution >= 4 is 17.9 Å². The lowest BCUT2D eigenvalue weighted by Gasteiger charge is -2.50. The van der Waals surface area contributed by atoms with E-state index in [-0.39, 0.29) is 18.6 Å². The minimum Gasteiger partial charge on any atom is -0.462 e. The monoisotopic (exact) mass is 318 g/mol. The number of hydrogen-bond donors (Lipinski definition) is 0. The summed E-state index contributed by atoms with van der Waals surface area (Å²) in [6.07, 6.45) is 0.289. The zero-order valence-electron chi connectivity index (χ0n) is 12.9. The first kappa shape index (κ1) is 15.5. The molecule has 0 aromatic carbocycles. The van der Waals surface area contributed by atoms with Gasteiger partial charge < -0.3 is 14.2 Å². The molecule has 2 aliphatic heterocycles. The molecule has 3 rings (SSSR count). The second-order valence-corrected chi connectivity index (χ2v) is 6.23. The Labute approximate surface area is 133 Å². The van der Waals surface area contributed by atoms with Crippen LogP contribution in [0, 0.1) is 17.3 Å². The van der Waals surface area contributed by atoms with E-state index < -0.39 is 47.4 Å². The van der Waals surface area contributed by atoms with Crippen LogP contribution < -0.4 is 0 Å². The number of ether oxygens (including phenoxy) is 3. The number of rotatable bonds is 2. The third-order valence-corrected chi connectivity index (χ3v) is 4.97. The van der Waals surface area contributed by atoms with Gasteiger partial charge in [-0.25, -0.2) is 4.79 Å². The zero-order chi connectivity index (χ0) is 16.9. The van der Waals surface area contributed by atoms with Crippen molar-refractivity contribution in [1.82, 2.24) is 0 Å². The molecule has 1 aliphatic carbocycles. The predicted octanol–water partition coefficient (Wildman–Crippen LogP) is 1.32. The molecule has 0 N–H and O–H groups in total. The average molecular weight is 318 g/mol. The van der Waals surface area contributed by atoms with Crippen LogP contribution in [0.3, 0.4) is 0 Å². The number of carbonyl (C=O) groups is 3. The van der Waals surface area contributed by atoms with Crippen LogP contribution in [-0.2, 0) is 28.6 Å². The average Bonchev–Trinajstić information content (AvgIpc) is 2.78. The van der Waals surface area contributed by atoms with Crippen LogP contribution in [0.1, 0.15) is 13.3 Å². The molecule has 3 fully saturated rings. The molecule has 0 aromatic rings. The van der Waals surface area contributed by atoms with Crippen LogP contribution in [0.2, 0.25) is 0 Å². The minimum absolute atomic E-state index is 0.0740. The molecule has 0 spiro atoms. The molecule has 0 aromatic heterocycles. The van der Waals surface area contributed by atoms with Crippen LogP contribution in [-0.4, -0.2) is 36.7 Å². The summed E-state index contributed by atoms with van der Waals surface area (Å²) in [5.74, 6) is -2.45. The van der Waals surface area contributed by atoms with Crippen LogP contribution in [0.15, 0.2) is 37.0 Å². The summed E-state index contributed by atoms with van der Waals surface area (Å²) < 4.78 is 16.0. The Bertz CT molecular complexity index is 647. The second-order valence-electron chi connectivity index (χ2n) is 6.23. The fourth-order valence-corrected chi connectivity index (χ4v) is 4.01. The molecule has 5 atom stereocenters. The molecule has 6 nitrogen and oxygen atoms in total. The van der Waals surface area contributed by atoms with Crippen molar-refractivity contribution in [3.05, 3.63) is 37.0 Å². The summed E-state index contributed by atoms with van der Waals surface area (Å²) in [4.78, 5) is 35.9. The maximum absolute atomic E-state index is 12.5. The Morgan fingerprint density at radius 1 is 1.39 bits per heavy atom. The van der Waals surface area contributed by atoms with Gasteiger partial charge in [0.15, 0.2) is 0 Å². The van der Waals surface area contributed by atoms with Crippen LogP contribution in [0.25, 0.3) is 0 Å². The fourth-order valence-electron chi connectivity index (χ4n) is 4.01. The first-order chi connectivity index (χ1) is 10.8. The van der Waals surface area contributed by atoms with Gasteiger partial charge in [0.2, 0.25) is 0 Å². The Hall–Kier alpha value is -2.37. The van der Waals surface area contributed by atoms with Crippen molar-refractivity contribution in [2.75, 3.05) is 6.61 Å². The van der Waals surface area contributed by atoms with E-state index in [0.29, 0.717) is 5.57 Å². The normalized spacial score (nSPS) is 39.0. The van der Waals surface area contributed by atoms with E-state index in [4.69, 9.17) is 14.2 Å². The standard InChI is InChI=1S/C17H18O6/c1-5-17-6-11(22-10(4)18)12-9(3)15(19)23-14(12)13(17)8(2)7-21-16(17)20/h5,11-14H,1-3,6-7H2,4H3. The molecule has 23 heavy (non-hydrogen) atoms. The lowest BCUT2D eigenvalue weighted by molar-refractivity contribution is -0.183. The van der Waals surface area contributed by atoms with E-state index in [9.17, 15) is 14.4 Å². The SMILES string of the molecule is C=CC12CC(OC(C)=O)C3C(=C)C(=O)OC3C1C(=C)COC2=O. The highest BCUT2D eigenvalue weighted by Crippen LogP contribution is 2.55. The molecule has 5 unspecified atom stereocenters. The molecule has 122 valence electrons. The number of carbonyl (C=O) groups excluding carboxylic acids is 3. The number of hydrogen-bond acceptors (Lipinski definition) is 6. The molecule has 0 amide bonds. The van der Waals surface area contributed by atoms with E-state index in [1.54, 1.807) is 0 Å². The van der Waals surface area contributed by atoms with Gasteiger partial charge in [-0.15, -0.1) is 6.58 Å². The second kappa shape index (κ2) is 5.08. The summed E-state index contributed by atoms with van der Waals surface area (Å²) in [5, 5.41) is 0. The zero-order valence-corrected chi connectivity index (χ0v) is 12.9. The molecule has 3 aliphatic rings. The minimum atomic E-state index is -1.12. The number of cyclic esters (lactones) is 1. The molecule has 0 bridgehead atoms. The highest BCUT2D eigenvalue weighted by molar-refractivity contribution is 5.92. The van der Waals surface area contributed by atoms with Crippen LogP contribution >= 0.6 is 0 Å². The van der Waals surface area contributed by atoms with Crippen molar-refractivity contribution in [3.8, 4) is 0 Å². The van der Waals surface area contributed by atoms with Gasteiger partial charge in [-0.1, -0.05) is 19.2 Å². The molecule has 6 heteroatoms. The first-order valence-corrected chi connectivity index (χ1v) is 7.37. The molecule has 2 saturated heterocycles. The third-order valence-electron chi connectivity index (χ3n) is 4.97. The van der Waals surface area contributed by atoms with Gasteiger partial charge in [-0.05, 0) is 5.57 Å². The lowest BCUT2D eigenvalue weighted by atomic mass is 9.57. The lowest BCUT2D eigenvalue weighted by Crippen LogP contribution is -2.58. The highest BCUT2D eigenvalue weighted by atomic mass is 16.6. The molecular formula is C17H18O6. The van der Waals surface area contributed by atoms with Crippen molar-refractivity contribution in [2.24, 2.45) is 17.3 Å². The smallest absolute Gasteiger partial charge is 0.334 e. The van der Waals surface area contributed by atoms with Gasteiger partial charge in [-0.3, -0.25) is 9.59 Å². The molecular weight excluding hydrogens is 300 g/mol. The number of fused-ring (bicyclic) bond motifs is 3.